The largest absolute Gasteiger partial charge is 0.433 e. The van der Waals surface area contributed by atoms with Crippen LogP contribution in [0, 0.1) is 6.92 Å². The zero-order valence-electron chi connectivity index (χ0n) is 10.5. The van der Waals surface area contributed by atoms with Crippen molar-refractivity contribution in [3.8, 4) is 0 Å². The third kappa shape index (κ3) is 2.80. The SMILES string of the molecule is Cc1nc([C@H]2CCCCN2C)cc(C(F)(F)F)n1. The van der Waals surface area contributed by atoms with Gasteiger partial charge in [0.25, 0.3) is 0 Å². The van der Waals surface area contributed by atoms with E-state index in [0.717, 1.165) is 31.9 Å². The van der Waals surface area contributed by atoms with Crippen molar-refractivity contribution in [2.24, 2.45) is 0 Å². The summed E-state index contributed by atoms with van der Waals surface area (Å²) in [5, 5.41) is 0. The topological polar surface area (TPSA) is 29.0 Å². The van der Waals surface area contributed by atoms with Gasteiger partial charge in [-0.25, -0.2) is 9.97 Å². The van der Waals surface area contributed by atoms with Gasteiger partial charge >= 0.3 is 6.18 Å². The minimum Gasteiger partial charge on any atom is -0.298 e. The highest BCUT2D eigenvalue weighted by Gasteiger charge is 2.34. The quantitative estimate of drug-likeness (QED) is 0.776. The van der Waals surface area contributed by atoms with Crippen LogP contribution < -0.4 is 0 Å². The number of alkyl halides is 3. The Hall–Kier alpha value is -1.17. The summed E-state index contributed by atoms with van der Waals surface area (Å²) >= 11 is 0. The Morgan fingerprint density at radius 2 is 2.00 bits per heavy atom. The van der Waals surface area contributed by atoms with E-state index in [9.17, 15) is 13.2 Å². The summed E-state index contributed by atoms with van der Waals surface area (Å²) in [6, 6.07) is 1.06. The number of piperidine rings is 1. The van der Waals surface area contributed by atoms with E-state index in [1.54, 1.807) is 0 Å². The molecule has 6 heteroatoms. The fourth-order valence-corrected chi connectivity index (χ4v) is 2.36. The van der Waals surface area contributed by atoms with E-state index in [2.05, 4.69) is 14.9 Å². The molecular formula is C12H16F3N3. The van der Waals surface area contributed by atoms with Gasteiger partial charge in [0, 0.05) is 0 Å². The van der Waals surface area contributed by atoms with Gasteiger partial charge < -0.3 is 0 Å². The standard InChI is InChI=1S/C12H16F3N3/c1-8-16-9(7-11(17-8)12(13,14)15)10-5-3-4-6-18(10)2/h7,10H,3-6H2,1-2H3/t10-/m1/s1. The first-order valence-electron chi connectivity index (χ1n) is 6.01. The van der Waals surface area contributed by atoms with Crippen LogP contribution in [0.15, 0.2) is 6.07 Å². The number of aryl methyl sites for hydroxylation is 1. The van der Waals surface area contributed by atoms with E-state index in [1.165, 1.54) is 6.92 Å². The van der Waals surface area contributed by atoms with E-state index in [0.29, 0.717) is 5.69 Å². The van der Waals surface area contributed by atoms with E-state index in [4.69, 9.17) is 0 Å². The highest BCUT2D eigenvalue weighted by atomic mass is 19.4. The zero-order chi connectivity index (χ0) is 13.3. The number of rotatable bonds is 1. The lowest BCUT2D eigenvalue weighted by Gasteiger charge is -2.32. The van der Waals surface area contributed by atoms with E-state index in [1.807, 2.05) is 7.05 Å². The molecule has 0 bridgehead atoms. The Morgan fingerprint density at radius 1 is 1.28 bits per heavy atom. The lowest BCUT2D eigenvalue weighted by atomic mass is 9.99. The molecule has 0 spiro atoms. The number of hydrogen-bond acceptors (Lipinski definition) is 3. The number of likely N-dealkylation sites (tertiary alicyclic amines) is 1. The third-order valence-electron chi connectivity index (χ3n) is 3.26. The van der Waals surface area contributed by atoms with E-state index < -0.39 is 11.9 Å². The van der Waals surface area contributed by atoms with Gasteiger partial charge in [0.1, 0.15) is 11.5 Å². The smallest absolute Gasteiger partial charge is 0.298 e. The molecule has 18 heavy (non-hydrogen) atoms. The van der Waals surface area contributed by atoms with Gasteiger partial charge in [-0.15, -0.1) is 0 Å². The Bertz CT molecular complexity index is 431. The maximum Gasteiger partial charge on any atom is 0.433 e. The lowest BCUT2D eigenvalue weighted by Crippen LogP contribution is -2.30. The van der Waals surface area contributed by atoms with Crippen molar-refractivity contribution in [1.82, 2.24) is 14.9 Å². The summed E-state index contributed by atoms with van der Waals surface area (Å²) in [5.41, 5.74) is -0.360. The molecule has 0 unspecified atom stereocenters. The van der Waals surface area contributed by atoms with Gasteiger partial charge in [-0.05, 0) is 39.4 Å². The number of nitrogens with zero attached hydrogens (tertiary/aromatic N) is 3. The molecule has 1 aliphatic rings. The highest BCUT2D eigenvalue weighted by molar-refractivity contribution is 5.17. The summed E-state index contributed by atoms with van der Waals surface area (Å²) in [5.74, 6) is 0.179. The molecule has 0 aromatic carbocycles. The van der Waals surface area contributed by atoms with Crippen molar-refractivity contribution in [2.45, 2.75) is 38.4 Å². The molecule has 0 amide bonds. The van der Waals surface area contributed by atoms with Gasteiger partial charge in [-0.1, -0.05) is 6.42 Å². The van der Waals surface area contributed by atoms with Gasteiger partial charge in [-0.2, -0.15) is 13.2 Å². The second kappa shape index (κ2) is 4.84. The fourth-order valence-electron chi connectivity index (χ4n) is 2.36. The van der Waals surface area contributed by atoms with Crippen molar-refractivity contribution in [1.29, 1.82) is 0 Å². The number of aromatic nitrogens is 2. The maximum absolute atomic E-state index is 12.7. The molecule has 0 radical (unpaired) electrons. The first kappa shape index (κ1) is 13.3. The van der Waals surface area contributed by atoms with E-state index >= 15 is 0 Å². The highest BCUT2D eigenvalue weighted by Crippen LogP contribution is 2.32. The fraction of sp³-hybridized carbons (Fsp3) is 0.667. The molecule has 1 aromatic heterocycles. The molecule has 0 aliphatic carbocycles. The van der Waals surface area contributed by atoms with Gasteiger partial charge in [0.2, 0.25) is 0 Å². The molecule has 1 saturated heterocycles. The second-order valence-corrected chi connectivity index (χ2v) is 4.72. The van der Waals surface area contributed by atoms with Gasteiger partial charge in [-0.3, -0.25) is 4.90 Å². The van der Waals surface area contributed by atoms with Crippen molar-refractivity contribution in [3.05, 3.63) is 23.3 Å². The average molecular weight is 259 g/mol. The molecule has 1 aromatic rings. The third-order valence-corrected chi connectivity index (χ3v) is 3.26. The summed E-state index contributed by atoms with van der Waals surface area (Å²) in [7, 11) is 1.93. The molecule has 2 heterocycles. The van der Waals surface area contributed by atoms with Crippen molar-refractivity contribution >= 4 is 0 Å². The Labute approximate surface area is 104 Å². The first-order chi connectivity index (χ1) is 8.38. The Balaban J connectivity index is 2.35. The van der Waals surface area contributed by atoms with Crippen molar-refractivity contribution in [2.75, 3.05) is 13.6 Å². The Kier molecular flexibility index (Phi) is 3.56. The molecule has 0 N–H and O–H groups in total. The normalized spacial score (nSPS) is 22.2. The summed E-state index contributed by atoms with van der Waals surface area (Å²) in [4.78, 5) is 9.70. The molecule has 1 atom stereocenters. The lowest BCUT2D eigenvalue weighted by molar-refractivity contribution is -0.141. The van der Waals surface area contributed by atoms with Crippen LogP contribution in [-0.4, -0.2) is 28.5 Å². The number of halogens is 3. The van der Waals surface area contributed by atoms with Crippen LogP contribution in [0.4, 0.5) is 13.2 Å². The summed E-state index contributed by atoms with van der Waals surface area (Å²) in [6.07, 6.45) is -1.44. The predicted octanol–water partition coefficient (Wildman–Crippen LogP) is 2.96. The monoisotopic (exact) mass is 259 g/mol. The number of hydrogen-bond donors (Lipinski definition) is 0. The molecule has 1 fully saturated rings. The predicted molar refractivity (Wildman–Crippen MR) is 61.0 cm³/mol. The van der Waals surface area contributed by atoms with Gasteiger partial charge in [0.15, 0.2) is 0 Å². The van der Waals surface area contributed by atoms with Crippen LogP contribution in [0.2, 0.25) is 0 Å². The molecular weight excluding hydrogens is 243 g/mol. The van der Waals surface area contributed by atoms with Crippen molar-refractivity contribution < 1.29 is 13.2 Å². The maximum atomic E-state index is 12.7. The second-order valence-electron chi connectivity index (χ2n) is 4.72. The Morgan fingerprint density at radius 3 is 2.61 bits per heavy atom. The van der Waals surface area contributed by atoms with Crippen LogP contribution in [0.5, 0.6) is 0 Å². The van der Waals surface area contributed by atoms with Crippen LogP contribution in [0.3, 0.4) is 0 Å². The summed E-state index contributed by atoms with van der Waals surface area (Å²) in [6.45, 7) is 2.40. The summed E-state index contributed by atoms with van der Waals surface area (Å²) < 4.78 is 38.1. The van der Waals surface area contributed by atoms with Crippen molar-refractivity contribution in [3.63, 3.8) is 0 Å². The average Bonchev–Trinajstić information content (AvgIpc) is 2.27. The first-order valence-corrected chi connectivity index (χ1v) is 6.01. The van der Waals surface area contributed by atoms with Crippen LogP contribution >= 0.6 is 0 Å². The van der Waals surface area contributed by atoms with Crippen LogP contribution in [0.25, 0.3) is 0 Å². The van der Waals surface area contributed by atoms with Gasteiger partial charge in [0.05, 0.1) is 11.7 Å². The zero-order valence-corrected chi connectivity index (χ0v) is 10.5. The molecule has 3 nitrogen and oxygen atoms in total. The minimum atomic E-state index is -4.41. The molecule has 0 saturated carbocycles. The van der Waals surface area contributed by atoms with Crippen LogP contribution in [0.1, 0.15) is 42.5 Å². The van der Waals surface area contributed by atoms with Crippen LogP contribution in [-0.2, 0) is 6.18 Å². The molecule has 2 rings (SSSR count). The minimum absolute atomic E-state index is 0.0263. The molecule has 100 valence electrons. The van der Waals surface area contributed by atoms with E-state index in [-0.39, 0.29) is 11.9 Å². The molecule has 1 aliphatic heterocycles.